The van der Waals surface area contributed by atoms with E-state index in [2.05, 4.69) is 43.0 Å². The van der Waals surface area contributed by atoms with Crippen molar-refractivity contribution in [2.45, 2.75) is 96.7 Å². The SMILES string of the molecule is CCC(CC)N(C(=O)c1cnn2c1NCCC2(C)C)C1CCCCC1. The Kier molecular flexibility index (Phi) is 5.40. The minimum Gasteiger partial charge on any atom is -0.370 e. The van der Waals surface area contributed by atoms with Gasteiger partial charge in [-0.25, -0.2) is 4.68 Å². The summed E-state index contributed by atoms with van der Waals surface area (Å²) >= 11 is 0. The van der Waals surface area contributed by atoms with E-state index in [1.54, 1.807) is 6.20 Å². The van der Waals surface area contributed by atoms with Gasteiger partial charge in [-0.1, -0.05) is 33.1 Å². The highest BCUT2D eigenvalue weighted by Crippen LogP contribution is 2.34. The number of nitrogens with one attached hydrogen (secondary N) is 1. The molecule has 2 aliphatic rings. The van der Waals surface area contributed by atoms with E-state index < -0.39 is 0 Å². The van der Waals surface area contributed by atoms with Gasteiger partial charge in [0.2, 0.25) is 0 Å². The zero-order chi connectivity index (χ0) is 18.0. The van der Waals surface area contributed by atoms with Crippen molar-refractivity contribution in [1.29, 1.82) is 0 Å². The van der Waals surface area contributed by atoms with Gasteiger partial charge in [0.1, 0.15) is 11.4 Å². The zero-order valence-corrected chi connectivity index (χ0v) is 16.3. The molecule has 0 saturated heterocycles. The van der Waals surface area contributed by atoms with Crippen LogP contribution in [0.3, 0.4) is 0 Å². The number of anilines is 1. The Hall–Kier alpha value is -1.52. The van der Waals surface area contributed by atoms with Crippen LogP contribution in [0.5, 0.6) is 0 Å². The summed E-state index contributed by atoms with van der Waals surface area (Å²) in [4.78, 5) is 15.8. The van der Waals surface area contributed by atoms with Crippen LogP contribution in [0.2, 0.25) is 0 Å². The second-order valence-corrected chi connectivity index (χ2v) is 8.28. The molecule has 0 aromatic carbocycles. The maximum atomic E-state index is 13.6. The van der Waals surface area contributed by atoms with E-state index in [9.17, 15) is 4.79 Å². The van der Waals surface area contributed by atoms with Crippen molar-refractivity contribution in [1.82, 2.24) is 14.7 Å². The van der Waals surface area contributed by atoms with E-state index >= 15 is 0 Å². The van der Waals surface area contributed by atoms with Crippen LogP contribution in [0.1, 0.15) is 89.4 Å². The van der Waals surface area contributed by atoms with E-state index in [1.807, 2.05) is 4.68 Å². The Morgan fingerprint density at radius 2 is 2.00 bits per heavy atom. The highest BCUT2D eigenvalue weighted by molar-refractivity contribution is 5.99. The Morgan fingerprint density at radius 3 is 2.64 bits per heavy atom. The van der Waals surface area contributed by atoms with Crippen LogP contribution in [0.4, 0.5) is 5.82 Å². The molecular weight excluding hydrogens is 312 g/mol. The third-order valence-electron chi connectivity index (χ3n) is 6.14. The number of hydrogen-bond donors (Lipinski definition) is 1. The standard InChI is InChI=1S/C20H34N4O/c1-5-15(6-2)23(16-10-8-7-9-11-16)19(25)17-14-22-24-18(17)21-13-12-20(24,3)4/h14-16,21H,5-13H2,1-4H3. The van der Waals surface area contributed by atoms with Gasteiger partial charge >= 0.3 is 0 Å². The van der Waals surface area contributed by atoms with Crippen LogP contribution in [0.25, 0.3) is 0 Å². The number of nitrogens with zero attached hydrogens (tertiary/aromatic N) is 3. The summed E-state index contributed by atoms with van der Waals surface area (Å²) in [6.07, 6.45) is 10.9. The highest BCUT2D eigenvalue weighted by Gasteiger charge is 2.36. The lowest BCUT2D eigenvalue weighted by molar-refractivity contribution is 0.0497. The van der Waals surface area contributed by atoms with Crippen molar-refractivity contribution in [3.8, 4) is 0 Å². The molecular formula is C20H34N4O. The number of rotatable bonds is 5. The number of aromatic nitrogens is 2. The molecule has 1 aromatic rings. The van der Waals surface area contributed by atoms with Crippen molar-refractivity contribution in [2.24, 2.45) is 0 Å². The monoisotopic (exact) mass is 346 g/mol. The smallest absolute Gasteiger partial charge is 0.259 e. The predicted molar refractivity (Wildman–Crippen MR) is 102 cm³/mol. The summed E-state index contributed by atoms with van der Waals surface area (Å²) in [7, 11) is 0. The zero-order valence-electron chi connectivity index (χ0n) is 16.3. The van der Waals surface area contributed by atoms with Gasteiger partial charge < -0.3 is 10.2 Å². The van der Waals surface area contributed by atoms with Crippen molar-refractivity contribution in [3.05, 3.63) is 11.8 Å². The lowest BCUT2D eigenvalue weighted by atomic mass is 9.91. The molecule has 0 bridgehead atoms. The van der Waals surface area contributed by atoms with Gasteiger partial charge in [0.05, 0.1) is 11.7 Å². The van der Waals surface area contributed by atoms with Crippen LogP contribution in [0, 0.1) is 0 Å². The number of carbonyl (C=O) groups is 1. The number of hydrogen-bond acceptors (Lipinski definition) is 3. The van der Waals surface area contributed by atoms with Gasteiger partial charge in [0, 0.05) is 18.6 Å². The Labute approximate surface area is 152 Å². The minimum absolute atomic E-state index is 0.0380. The average molecular weight is 347 g/mol. The molecule has 1 fully saturated rings. The lowest BCUT2D eigenvalue weighted by Gasteiger charge is -2.40. The van der Waals surface area contributed by atoms with Crippen LogP contribution >= 0.6 is 0 Å². The van der Waals surface area contributed by atoms with Crippen LogP contribution in [-0.4, -0.2) is 39.2 Å². The summed E-state index contributed by atoms with van der Waals surface area (Å²) in [6, 6.07) is 0.709. The molecule has 1 aliphatic carbocycles. The molecule has 5 heteroatoms. The third-order valence-corrected chi connectivity index (χ3v) is 6.14. The van der Waals surface area contributed by atoms with E-state index in [4.69, 9.17) is 0 Å². The quantitative estimate of drug-likeness (QED) is 0.860. The summed E-state index contributed by atoms with van der Waals surface area (Å²) in [5.74, 6) is 1.08. The molecule has 3 rings (SSSR count). The average Bonchev–Trinajstić information content (AvgIpc) is 3.05. The first-order valence-corrected chi connectivity index (χ1v) is 10.1. The summed E-state index contributed by atoms with van der Waals surface area (Å²) < 4.78 is 2.01. The fourth-order valence-corrected chi connectivity index (χ4v) is 4.54. The summed E-state index contributed by atoms with van der Waals surface area (Å²) in [5.41, 5.74) is 0.717. The molecule has 0 spiro atoms. The third kappa shape index (κ3) is 3.42. The van der Waals surface area contributed by atoms with Crippen molar-refractivity contribution >= 4 is 11.7 Å². The van der Waals surface area contributed by atoms with Gasteiger partial charge in [-0.05, 0) is 46.0 Å². The molecule has 0 radical (unpaired) electrons. The largest absolute Gasteiger partial charge is 0.370 e. The normalized spacial score (nSPS) is 20.2. The molecule has 5 nitrogen and oxygen atoms in total. The fourth-order valence-electron chi connectivity index (χ4n) is 4.54. The van der Waals surface area contributed by atoms with E-state index in [-0.39, 0.29) is 11.4 Å². The second kappa shape index (κ2) is 7.38. The lowest BCUT2D eigenvalue weighted by Crippen LogP contribution is -2.48. The van der Waals surface area contributed by atoms with E-state index in [0.717, 1.165) is 50.0 Å². The van der Waals surface area contributed by atoms with Gasteiger partial charge in [-0.15, -0.1) is 0 Å². The topological polar surface area (TPSA) is 50.2 Å². The predicted octanol–water partition coefficient (Wildman–Crippen LogP) is 4.40. The molecule has 1 aromatic heterocycles. The van der Waals surface area contributed by atoms with Gasteiger partial charge in [0.25, 0.3) is 5.91 Å². The van der Waals surface area contributed by atoms with Crippen molar-refractivity contribution in [2.75, 3.05) is 11.9 Å². The number of carbonyl (C=O) groups excluding carboxylic acids is 1. The highest BCUT2D eigenvalue weighted by atomic mass is 16.2. The van der Waals surface area contributed by atoms with Gasteiger partial charge in [0.15, 0.2) is 0 Å². The molecule has 1 N–H and O–H groups in total. The second-order valence-electron chi connectivity index (χ2n) is 8.28. The Morgan fingerprint density at radius 1 is 1.32 bits per heavy atom. The van der Waals surface area contributed by atoms with Crippen LogP contribution in [0.15, 0.2) is 6.20 Å². The Bertz CT molecular complexity index is 597. The van der Waals surface area contributed by atoms with E-state index in [1.165, 1.54) is 19.3 Å². The molecule has 0 atom stereocenters. The Balaban J connectivity index is 1.94. The van der Waals surface area contributed by atoms with Crippen LogP contribution in [-0.2, 0) is 5.54 Å². The minimum atomic E-state index is -0.0380. The number of fused-ring (bicyclic) bond motifs is 1. The first-order chi connectivity index (χ1) is 12.0. The maximum Gasteiger partial charge on any atom is 0.259 e. The molecule has 1 aliphatic heterocycles. The van der Waals surface area contributed by atoms with Crippen molar-refractivity contribution in [3.63, 3.8) is 0 Å². The van der Waals surface area contributed by atoms with Gasteiger partial charge in [-0.2, -0.15) is 5.10 Å². The molecule has 140 valence electrons. The molecule has 1 amide bonds. The first kappa shape index (κ1) is 18.3. The molecule has 2 heterocycles. The molecule has 25 heavy (non-hydrogen) atoms. The van der Waals surface area contributed by atoms with Gasteiger partial charge in [-0.3, -0.25) is 4.79 Å². The van der Waals surface area contributed by atoms with E-state index in [0.29, 0.717) is 12.1 Å². The molecule has 1 saturated carbocycles. The number of amides is 1. The maximum absolute atomic E-state index is 13.6. The summed E-state index contributed by atoms with van der Waals surface area (Å²) in [6.45, 7) is 9.68. The fraction of sp³-hybridized carbons (Fsp3) is 0.800. The summed E-state index contributed by atoms with van der Waals surface area (Å²) in [5, 5.41) is 8.01. The van der Waals surface area contributed by atoms with Crippen molar-refractivity contribution < 1.29 is 4.79 Å². The molecule has 0 unspecified atom stereocenters. The first-order valence-electron chi connectivity index (χ1n) is 10.1. The van der Waals surface area contributed by atoms with Crippen LogP contribution < -0.4 is 5.32 Å².